The van der Waals surface area contributed by atoms with Crippen molar-refractivity contribution in [1.82, 2.24) is 5.06 Å². The van der Waals surface area contributed by atoms with Crippen molar-refractivity contribution in [2.45, 2.75) is 6.18 Å². The molecular formula is C9H8F3N3O4. The number of carbonyl (C=O) groups excluding carboxylic acids is 1. The molecule has 0 aliphatic heterocycles. The number of hydrogen-bond donors (Lipinski definition) is 2. The first-order valence-corrected chi connectivity index (χ1v) is 4.72. The predicted octanol–water partition coefficient (Wildman–Crippen LogP) is 2.47. The van der Waals surface area contributed by atoms with E-state index in [1.165, 1.54) is 0 Å². The largest absolute Gasteiger partial charge is 0.423 e. The van der Waals surface area contributed by atoms with Gasteiger partial charge in [0.2, 0.25) is 0 Å². The van der Waals surface area contributed by atoms with Gasteiger partial charge in [0.05, 0.1) is 4.92 Å². The minimum absolute atomic E-state index is 0.120. The Morgan fingerprint density at radius 1 is 1.47 bits per heavy atom. The van der Waals surface area contributed by atoms with Gasteiger partial charge in [-0.05, 0) is 12.1 Å². The van der Waals surface area contributed by atoms with Gasteiger partial charge < -0.3 is 5.32 Å². The second-order valence-corrected chi connectivity index (χ2v) is 3.44. The minimum atomic E-state index is -4.94. The van der Waals surface area contributed by atoms with Crippen LogP contribution in [0.4, 0.5) is 29.3 Å². The Kier molecular flexibility index (Phi) is 3.95. The average molecular weight is 279 g/mol. The van der Waals surface area contributed by atoms with E-state index in [-0.39, 0.29) is 10.8 Å². The zero-order valence-electron chi connectivity index (χ0n) is 9.43. The number of urea groups is 1. The molecule has 0 heterocycles. The Morgan fingerprint density at radius 2 is 2.05 bits per heavy atom. The van der Waals surface area contributed by atoms with Crippen molar-refractivity contribution in [2.24, 2.45) is 0 Å². The maximum atomic E-state index is 12.6. The fourth-order valence-electron chi connectivity index (χ4n) is 1.20. The topological polar surface area (TPSA) is 95.7 Å². The van der Waals surface area contributed by atoms with E-state index >= 15 is 0 Å². The summed E-state index contributed by atoms with van der Waals surface area (Å²) in [6, 6.07) is 0.881. The number of carbonyl (C=O) groups is 1. The second-order valence-electron chi connectivity index (χ2n) is 3.44. The molecule has 104 valence electrons. The fraction of sp³-hybridized carbons (Fsp3) is 0.222. The molecule has 1 aromatic rings. The highest BCUT2D eigenvalue weighted by Crippen LogP contribution is 2.37. The molecule has 0 fully saturated rings. The van der Waals surface area contributed by atoms with E-state index in [2.05, 4.69) is 0 Å². The van der Waals surface area contributed by atoms with E-state index in [1.54, 1.807) is 0 Å². The quantitative estimate of drug-likeness (QED) is 0.493. The molecule has 19 heavy (non-hydrogen) atoms. The smallest absolute Gasteiger partial charge is 0.306 e. The van der Waals surface area contributed by atoms with Crippen LogP contribution in [0.1, 0.15) is 5.56 Å². The molecule has 7 nitrogen and oxygen atoms in total. The molecule has 0 aromatic heterocycles. The number of nitrogens with zero attached hydrogens (tertiary/aromatic N) is 2. The number of nitro groups is 1. The minimum Gasteiger partial charge on any atom is -0.306 e. The second kappa shape index (κ2) is 5.10. The third-order valence-electron chi connectivity index (χ3n) is 2.04. The molecule has 0 spiro atoms. The third kappa shape index (κ3) is 3.55. The van der Waals surface area contributed by atoms with Crippen LogP contribution in [-0.2, 0) is 6.18 Å². The maximum absolute atomic E-state index is 12.6. The normalized spacial score (nSPS) is 11.0. The third-order valence-corrected chi connectivity index (χ3v) is 2.04. The molecule has 0 atom stereocenters. The van der Waals surface area contributed by atoms with Crippen LogP contribution in [0, 0.1) is 10.1 Å². The Labute approximate surface area is 104 Å². The first-order valence-electron chi connectivity index (χ1n) is 4.72. The van der Waals surface area contributed by atoms with Gasteiger partial charge in [0.25, 0.3) is 5.69 Å². The summed E-state index contributed by atoms with van der Waals surface area (Å²) < 4.78 is 37.8. The Balaban J connectivity index is 3.19. The highest BCUT2D eigenvalue weighted by atomic mass is 19.4. The van der Waals surface area contributed by atoms with Gasteiger partial charge in [-0.2, -0.15) is 13.2 Å². The summed E-state index contributed by atoms with van der Waals surface area (Å²) in [6.45, 7) is 0. The van der Waals surface area contributed by atoms with Crippen LogP contribution in [0.15, 0.2) is 18.2 Å². The fourth-order valence-corrected chi connectivity index (χ4v) is 1.20. The zero-order valence-corrected chi connectivity index (χ0v) is 9.43. The van der Waals surface area contributed by atoms with Crippen LogP contribution in [0.3, 0.4) is 0 Å². The standard InChI is InChI=1S/C9H8F3N3O4/c1-14(17)8(16)13-5-2-3-7(15(18)19)6(4-5)9(10,11)12/h2-4,17H,1H3,(H,13,16). The van der Waals surface area contributed by atoms with Gasteiger partial charge in [0.15, 0.2) is 0 Å². The number of benzene rings is 1. The molecule has 0 bridgehead atoms. The molecule has 1 rings (SSSR count). The number of halogens is 3. The van der Waals surface area contributed by atoms with Gasteiger partial charge >= 0.3 is 12.2 Å². The van der Waals surface area contributed by atoms with Crippen molar-refractivity contribution in [1.29, 1.82) is 0 Å². The van der Waals surface area contributed by atoms with Crippen LogP contribution in [0.25, 0.3) is 0 Å². The van der Waals surface area contributed by atoms with Crippen LogP contribution < -0.4 is 5.32 Å². The molecule has 0 aliphatic rings. The van der Waals surface area contributed by atoms with E-state index in [0.717, 1.165) is 13.1 Å². The Bertz CT molecular complexity index is 516. The van der Waals surface area contributed by atoms with Crippen molar-refractivity contribution >= 4 is 17.4 Å². The van der Waals surface area contributed by atoms with Crippen molar-refractivity contribution < 1.29 is 28.1 Å². The molecule has 0 unspecified atom stereocenters. The van der Waals surface area contributed by atoms with Gasteiger partial charge in [0, 0.05) is 18.8 Å². The number of anilines is 1. The number of amides is 2. The molecule has 1 aromatic carbocycles. The van der Waals surface area contributed by atoms with E-state index in [1.807, 2.05) is 5.32 Å². The summed E-state index contributed by atoms with van der Waals surface area (Å²) >= 11 is 0. The number of hydrogen-bond acceptors (Lipinski definition) is 4. The van der Waals surface area contributed by atoms with Crippen LogP contribution in [0.5, 0.6) is 0 Å². The molecule has 10 heteroatoms. The summed E-state index contributed by atoms with van der Waals surface area (Å²) in [4.78, 5) is 20.3. The number of alkyl halides is 3. The summed E-state index contributed by atoms with van der Waals surface area (Å²) in [5, 5.41) is 21.3. The molecule has 0 saturated heterocycles. The highest BCUT2D eigenvalue weighted by Gasteiger charge is 2.38. The first-order chi connectivity index (χ1) is 8.62. The van der Waals surface area contributed by atoms with Crippen LogP contribution >= 0.6 is 0 Å². The number of hydroxylamine groups is 2. The number of nitro benzene ring substituents is 1. The molecule has 0 saturated carbocycles. The van der Waals surface area contributed by atoms with Crippen molar-refractivity contribution in [3.63, 3.8) is 0 Å². The van der Waals surface area contributed by atoms with Crippen molar-refractivity contribution in [2.75, 3.05) is 12.4 Å². The SMILES string of the molecule is CN(O)C(=O)Nc1ccc([N+](=O)[O-])c(C(F)(F)F)c1. The number of rotatable bonds is 2. The van der Waals surface area contributed by atoms with Crippen molar-refractivity contribution in [3.05, 3.63) is 33.9 Å². The predicted molar refractivity (Wildman–Crippen MR) is 56.7 cm³/mol. The lowest BCUT2D eigenvalue weighted by Crippen LogP contribution is -2.28. The first kappa shape index (κ1) is 14.7. The maximum Gasteiger partial charge on any atom is 0.423 e. The van der Waals surface area contributed by atoms with Gasteiger partial charge in [-0.1, -0.05) is 0 Å². The summed E-state index contributed by atoms with van der Waals surface area (Å²) in [5.74, 6) is 0. The average Bonchev–Trinajstić information content (AvgIpc) is 2.27. The van der Waals surface area contributed by atoms with Gasteiger partial charge in [0.1, 0.15) is 5.56 Å². The molecule has 2 amide bonds. The van der Waals surface area contributed by atoms with Gasteiger partial charge in [-0.3, -0.25) is 15.3 Å². The lowest BCUT2D eigenvalue weighted by Gasteiger charge is -2.12. The zero-order chi connectivity index (χ0) is 14.8. The van der Waals surface area contributed by atoms with Gasteiger partial charge in [-0.15, -0.1) is 0 Å². The Hall–Kier alpha value is -2.36. The van der Waals surface area contributed by atoms with E-state index in [9.17, 15) is 28.1 Å². The van der Waals surface area contributed by atoms with Gasteiger partial charge in [-0.25, -0.2) is 9.86 Å². The lowest BCUT2D eigenvalue weighted by molar-refractivity contribution is -0.388. The van der Waals surface area contributed by atoms with E-state index in [0.29, 0.717) is 12.1 Å². The number of nitrogens with one attached hydrogen (secondary N) is 1. The molecule has 0 radical (unpaired) electrons. The van der Waals surface area contributed by atoms with Crippen molar-refractivity contribution in [3.8, 4) is 0 Å². The van der Waals surface area contributed by atoms with Crippen LogP contribution in [0.2, 0.25) is 0 Å². The monoisotopic (exact) mass is 279 g/mol. The summed E-state index contributed by atoms with van der Waals surface area (Å²) in [6.07, 6.45) is -4.94. The van der Waals surface area contributed by atoms with E-state index in [4.69, 9.17) is 5.21 Å². The molecular weight excluding hydrogens is 271 g/mol. The summed E-state index contributed by atoms with van der Waals surface area (Å²) in [5.41, 5.74) is -2.94. The van der Waals surface area contributed by atoms with E-state index < -0.39 is 28.4 Å². The molecule has 2 N–H and O–H groups in total. The summed E-state index contributed by atoms with van der Waals surface area (Å²) in [7, 11) is 0.964. The lowest BCUT2D eigenvalue weighted by atomic mass is 10.1. The highest BCUT2D eigenvalue weighted by molar-refractivity contribution is 5.88. The Morgan fingerprint density at radius 3 is 2.47 bits per heavy atom. The molecule has 0 aliphatic carbocycles. The van der Waals surface area contributed by atoms with Crippen LogP contribution in [-0.4, -0.2) is 28.3 Å².